The van der Waals surface area contributed by atoms with Gasteiger partial charge in [0, 0.05) is 21.2 Å². The Morgan fingerprint density at radius 1 is 0.724 bits per heavy atom. The molecule has 2 aromatic rings. The predicted octanol–water partition coefficient (Wildman–Crippen LogP) is 7.13. The molecule has 0 unspecified atom stereocenters. The molecule has 2 aromatic carbocycles. The maximum absolute atomic E-state index is 11.1. The van der Waals surface area contributed by atoms with Crippen molar-refractivity contribution in [1.82, 2.24) is 0 Å². The van der Waals surface area contributed by atoms with E-state index in [-0.39, 0.29) is 35.3 Å². The van der Waals surface area contributed by atoms with E-state index in [1.807, 2.05) is 0 Å². The van der Waals surface area contributed by atoms with Gasteiger partial charge in [0.05, 0.1) is 11.4 Å². The molecular weight excluding hydrogens is 514 g/mol. The van der Waals surface area contributed by atoms with Crippen LogP contribution in [0.25, 0.3) is 0 Å². The maximum Gasteiger partial charge on any atom is 2.00 e. The fourth-order valence-electron chi connectivity index (χ4n) is 1.68. The van der Waals surface area contributed by atoms with Gasteiger partial charge in [-0.25, -0.2) is 0 Å². The van der Waals surface area contributed by atoms with E-state index in [0.717, 1.165) is 12.8 Å². The van der Waals surface area contributed by atoms with E-state index < -0.39 is 0 Å². The van der Waals surface area contributed by atoms with Gasteiger partial charge >= 0.3 is 23.9 Å². The van der Waals surface area contributed by atoms with Crippen molar-refractivity contribution in [3.05, 3.63) is 94.0 Å². The number of benzene rings is 2. The first-order valence-corrected chi connectivity index (χ1v) is 9.75. The maximum atomic E-state index is 11.1. The molecule has 0 aliphatic rings. The summed E-state index contributed by atoms with van der Waals surface area (Å²) in [5.41, 5.74) is 0.848. The molecule has 0 saturated carbocycles. The molecule has 0 N–H and O–H groups in total. The number of hydrogen-bond donors (Lipinski definition) is 0. The van der Waals surface area contributed by atoms with Crippen LogP contribution in [0.3, 0.4) is 0 Å². The smallest absolute Gasteiger partial charge is 0.791 e. The number of unbranched alkanes of at least 4 members (excludes halogenated alkanes) is 2. The Bertz CT molecular complexity index is 651. The van der Waals surface area contributed by atoms with Crippen molar-refractivity contribution in [3.63, 3.8) is 0 Å². The van der Waals surface area contributed by atoms with Crippen LogP contribution in [-0.4, -0.2) is 35.3 Å². The molecular formula is C22H26Cl2N2O2Sn. The van der Waals surface area contributed by atoms with Gasteiger partial charge in [0.1, 0.15) is 0 Å². The summed E-state index contributed by atoms with van der Waals surface area (Å²) >= 11 is 11.6. The van der Waals surface area contributed by atoms with Crippen molar-refractivity contribution in [3.8, 4) is 0 Å². The van der Waals surface area contributed by atoms with Gasteiger partial charge < -0.3 is 20.7 Å². The van der Waals surface area contributed by atoms with Gasteiger partial charge in [0.15, 0.2) is 0 Å². The molecule has 4 radical (unpaired) electrons. The second kappa shape index (κ2) is 18.8. The van der Waals surface area contributed by atoms with E-state index >= 15 is 0 Å². The average Bonchev–Trinajstić information content (AvgIpc) is 2.74. The van der Waals surface area contributed by atoms with E-state index in [1.54, 1.807) is 48.5 Å². The Morgan fingerprint density at radius 3 is 1.14 bits per heavy atom. The SMILES string of the molecule is [CH2]CCC.[CH2]CCC.[O-]/N=C(/C(=N/[O-])c1ccc(Cl)cc1)c1ccc(Cl)cc1.[Sn+2]. The molecule has 0 fully saturated rings. The van der Waals surface area contributed by atoms with Gasteiger partial charge in [0.2, 0.25) is 0 Å². The Hall–Kier alpha value is -1.24. The van der Waals surface area contributed by atoms with Crippen molar-refractivity contribution in [1.29, 1.82) is 0 Å². The third-order valence-electron chi connectivity index (χ3n) is 3.35. The van der Waals surface area contributed by atoms with E-state index in [4.69, 9.17) is 23.2 Å². The van der Waals surface area contributed by atoms with Crippen molar-refractivity contribution >= 4 is 58.5 Å². The van der Waals surface area contributed by atoms with Gasteiger partial charge in [-0.1, -0.05) is 101 Å². The van der Waals surface area contributed by atoms with Gasteiger partial charge in [-0.15, -0.1) is 0 Å². The topological polar surface area (TPSA) is 70.8 Å². The molecule has 0 aromatic heterocycles. The minimum atomic E-state index is -0.0426. The van der Waals surface area contributed by atoms with E-state index in [1.165, 1.54) is 12.8 Å². The summed E-state index contributed by atoms with van der Waals surface area (Å²) in [5, 5.41) is 29.0. The third-order valence-corrected chi connectivity index (χ3v) is 3.85. The second-order valence-corrected chi connectivity index (χ2v) is 6.47. The van der Waals surface area contributed by atoms with Gasteiger partial charge in [-0.05, 0) is 24.3 Å². The number of halogens is 2. The van der Waals surface area contributed by atoms with Crippen LogP contribution in [-0.2, 0) is 0 Å². The van der Waals surface area contributed by atoms with Crippen LogP contribution in [0.2, 0.25) is 10.0 Å². The first-order chi connectivity index (χ1) is 13.5. The number of nitrogens with zero attached hydrogens (tertiary/aromatic N) is 2. The summed E-state index contributed by atoms with van der Waals surface area (Å²) in [7, 11) is 0. The summed E-state index contributed by atoms with van der Waals surface area (Å²) in [6.07, 6.45) is 4.56. The molecule has 0 aliphatic carbocycles. The van der Waals surface area contributed by atoms with Gasteiger partial charge in [0.25, 0.3) is 0 Å². The van der Waals surface area contributed by atoms with E-state index in [0.29, 0.717) is 21.2 Å². The fraction of sp³-hybridized carbons (Fsp3) is 0.273. The van der Waals surface area contributed by atoms with Crippen molar-refractivity contribution in [2.24, 2.45) is 10.3 Å². The van der Waals surface area contributed by atoms with Crippen LogP contribution < -0.4 is 0 Å². The normalized spacial score (nSPS) is 10.7. The quantitative estimate of drug-likeness (QED) is 0.230. The molecule has 4 nitrogen and oxygen atoms in total. The molecule has 29 heavy (non-hydrogen) atoms. The summed E-state index contributed by atoms with van der Waals surface area (Å²) in [6.45, 7) is 11.4. The molecule has 7 heteroatoms. The second-order valence-electron chi connectivity index (χ2n) is 5.60. The molecule has 0 aliphatic heterocycles. The number of rotatable bonds is 5. The molecule has 0 bridgehead atoms. The van der Waals surface area contributed by atoms with Gasteiger partial charge in [-0.3, -0.25) is 0 Å². The van der Waals surface area contributed by atoms with Crippen LogP contribution in [0, 0.1) is 24.3 Å². The molecule has 2 rings (SSSR count). The van der Waals surface area contributed by atoms with Crippen LogP contribution in [0.4, 0.5) is 0 Å². The Labute approximate surface area is 201 Å². The molecule has 0 heterocycles. The minimum absolute atomic E-state index is 0. The zero-order valence-electron chi connectivity index (χ0n) is 16.8. The van der Waals surface area contributed by atoms with E-state index in [9.17, 15) is 10.4 Å². The first-order valence-electron chi connectivity index (χ1n) is 9.00. The molecule has 0 spiro atoms. The summed E-state index contributed by atoms with van der Waals surface area (Å²) in [5.74, 6) is 0. The number of hydrogen-bond acceptors (Lipinski definition) is 4. The van der Waals surface area contributed by atoms with Crippen molar-refractivity contribution in [2.45, 2.75) is 39.5 Å². The summed E-state index contributed by atoms with van der Waals surface area (Å²) in [6, 6.07) is 12.8. The van der Waals surface area contributed by atoms with Crippen LogP contribution in [0.1, 0.15) is 50.7 Å². The Morgan fingerprint density at radius 2 is 0.966 bits per heavy atom. The van der Waals surface area contributed by atoms with Crippen LogP contribution in [0.5, 0.6) is 0 Å². The summed E-state index contributed by atoms with van der Waals surface area (Å²) < 4.78 is 0. The predicted molar refractivity (Wildman–Crippen MR) is 129 cm³/mol. The molecule has 0 saturated heterocycles. The standard InChI is InChI=1S/C14H10Cl2N2O2.2C4H9.Sn/c15-11-5-1-9(2-6-11)13(17-19)14(18-20)10-3-7-12(16)8-4-10;2*1-3-4-2;/h1-8,19-20H;2*1,3-4H2,2H3;/q;;;+2/p-2/b17-13+,18-14+;;;. The zero-order valence-corrected chi connectivity index (χ0v) is 21.2. The molecule has 0 amide bonds. The monoisotopic (exact) mass is 540 g/mol. The molecule has 0 atom stereocenters. The minimum Gasteiger partial charge on any atom is -0.791 e. The Kier molecular flexibility index (Phi) is 19.4. The first kappa shape index (κ1) is 30.0. The van der Waals surface area contributed by atoms with Crippen molar-refractivity contribution < 1.29 is 0 Å². The van der Waals surface area contributed by atoms with Crippen LogP contribution >= 0.6 is 23.2 Å². The summed E-state index contributed by atoms with van der Waals surface area (Å²) in [4.78, 5) is 0. The average molecular weight is 540 g/mol. The van der Waals surface area contributed by atoms with E-state index in [2.05, 4.69) is 38.0 Å². The van der Waals surface area contributed by atoms with Crippen LogP contribution in [0.15, 0.2) is 58.8 Å². The zero-order chi connectivity index (χ0) is 21.4. The Balaban J connectivity index is 0. The largest absolute Gasteiger partial charge is 2.00 e. The molecule has 154 valence electrons. The van der Waals surface area contributed by atoms with Gasteiger partial charge in [-0.2, -0.15) is 0 Å². The third kappa shape index (κ3) is 12.1. The fourth-order valence-corrected chi connectivity index (χ4v) is 1.93. The van der Waals surface area contributed by atoms with Crippen molar-refractivity contribution in [2.75, 3.05) is 0 Å².